The van der Waals surface area contributed by atoms with Crippen molar-refractivity contribution in [1.29, 1.82) is 0 Å². The number of hydrogen-bond acceptors (Lipinski definition) is 0. The number of hydrogen-bond donors (Lipinski definition) is 0. The van der Waals surface area contributed by atoms with Crippen LogP contribution in [0.3, 0.4) is 0 Å². The van der Waals surface area contributed by atoms with Gasteiger partial charge >= 0.3 is 0 Å². The maximum atomic E-state index is 3.75. The normalized spacial score (nSPS) is 11.1. The van der Waals surface area contributed by atoms with Crippen LogP contribution in [0, 0.1) is 0 Å². The van der Waals surface area contributed by atoms with Gasteiger partial charge in [-0.15, -0.1) is 0 Å². The first-order valence-corrected chi connectivity index (χ1v) is 11.4. The van der Waals surface area contributed by atoms with Crippen LogP contribution in [0.25, 0.3) is 0 Å². The third-order valence-corrected chi connectivity index (χ3v) is 10.1. The van der Waals surface area contributed by atoms with E-state index in [4.69, 9.17) is 0 Å². The number of rotatable bonds is 5. The van der Waals surface area contributed by atoms with E-state index in [2.05, 4.69) is 123 Å². The van der Waals surface area contributed by atoms with Gasteiger partial charge in [0.25, 0.3) is 0 Å². The molecule has 0 radical (unpaired) electrons. The van der Waals surface area contributed by atoms with Crippen LogP contribution in [0.5, 0.6) is 0 Å². The van der Waals surface area contributed by atoms with Gasteiger partial charge in [-0.1, -0.05) is 86.5 Å². The van der Waals surface area contributed by atoms with Gasteiger partial charge in [-0.2, -0.15) is 0 Å². The van der Waals surface area contributed by atoms with Gasteiger partial charge in [0, 0.05) is 0 Å². The molecule has 24 heavy (non-hydrogen) atoms. The Morgan fingerprint density at radius 2 is 0.875 bits per heavy atom. The van der Waals surface area contributed by atoms with Gasteiger partial charge in [-0.3, -0.25) is 0 Å². The maximum absolute atomic E-state index is 3.75. The van der Waals surface area contributed by atoms with Crippen LogP contribution in [0.15, 0.2) is 91.0 Å². The average molecular weight is 529 g/mol. The maximum Gasteiger partial charge on any atom is 0.114 e. The van der Waals surface area contributed by atoms with Crippen LogP contribution < -0.4 is 32.9 Å². The van der Waals surface area contributed by atoms with Crippen molar-refractivity contribution in [3.63, 3.8) is 0 Å². The summed E-state index contributed by atoms with van der Waals surface area (Å²) in [5.74, 6) is 0. The number of alkyl halides is 2. The van der Waals surface area contributed by atoms with Gasteiger partial charge in [-0.05, 0) is 36.4 Å². The molecular formula is C20H18Br3P. The predicted molar refractivity (Wildman–Crippen MR) is 112 cm³/mol. The first-order valence-electron chi connectivity index (χ1n) is 7.56. The van der Waals surface area contributed by atoms with Crippen molar-refractivity contribution in [3.05, 3.63) is 91.0 Å². The zero-order valence-corrected chi connectivity index (χ0v) is 18.7. The van der Waals surface area contributed by atoms with Crippen LogP contribution >= 0.6 is 39.1 Å². The van der Waals surface area contributed by atoms with Crippen molar-refractivity contribution in [2.24, 2.45) is 0 Å². The van der Waals surface area contributed by atoms with E-state index in [0.717, 1.165) is 6.16 Å². The molecule has 4 heteroatoms. The zero-order chi connectivity index (χ0) is 16.1. The summed E-state index contributed by atoms with van der Waals surface area (Å²) in [6.45, 7) is 0. The topological polar surface area (TPSA) is 0 Å². The Morgan fingerprint density at radius 1 is 0.583 bits per heavy atom. The molecule has 0 amide bonds. The fraction of sp³-hybridized carbons (Fsp3) is 0.100. The van der Waals surface area contributed by atoms with Crippen molar-refractivity contribution in [2.45, 2.75) is 3.74 Å². The standard InChI is InChI=1S/C20H18Br2P.BrH/c21-20(22)16-23(17-10-4-1-5-11-17,18-12-6-2-7-13-18)19-14-8-3-9-15-19;/h1-15,20H,16H2;1H/q+1;/p-1. The van der Waals surface area contributed by atoms with E-state index in [1.165, 1.54) is 15.9 Å². The molecule has 0 spiro atoms. The van der Waals surface area contributed by atoms with Gasteiger partial charge in [0.15, 0.2) is 0 Å². The van der Waals surface area contributed by atoms with Crippen molar-refractivity contribution in [1.82, 2.24) is 0 Å². The molecule has 0 fully saturated rings. The summed E-state index contributed by atoms with van der Waals surface area (Å²) in [5, 5.41) is 4.25. The Morgan fingerprint density at radius 3 is 1.12 bits per heavy atom. The molecule has 0 bridgehead atoms. The molecule has 3 aromatic carbocycles. The molecule has 0 aliphatic carbocycles. The molecule has 0 aromatic heterocycles. The van der Waals surface area contributed by atoms with Crippen molar-refractivity contribution >= 4 is 55.0 Å². The number of halogens is 3. The van der Waals surface area contributed by atoms with Crippen molar-refractivity contribution < 1.29 is 17.0 Å². The molecule has 124 valence electrons. The summed E-state index contributed by atoms with van der Waals surface area (Å²) >= 11 is 7.49. The molecule has 0 nitrogen and oxygen atoms in total. The summed E-state index contributed by atoms with van der Waals surface area (Å²) in [7, 11) is -1.70. The van der Waals surface area contributed by atoms with E-state index in [-0.39, 0.29) is 20.7 Å². The van der Waals surface area contributed by atoms with Gasteiger partial charge in [0.05, 0.1) is 6.16 Å². The lowest BCUT2D eigenvalue weighted by Crippen LogP contribution is -3.00. The predicted octanol–water partition coefficient (Wildman–Crippen LogP) is 2.10. The van der Waals surface area contributed by atoms with Gasteiger partial charge in [-0.25, -0.2) is 0 Å². The highest BCUT2D eigenvalue weighted by Gasteiger charge is 2.46. The second-order valence-corrected chi connectivity index (χ2v) is 12.4. The largest absolute Gasteiger partial charge is 1.00 e. The third kappa shape index (κ3) is 4.19. The zero-order valence-electron chi connectivity index (χ0n) is 13.0. The second kappa shape index (κ2) is 9.29. The molecule has 0 aliphatic rings. The summed E-state index contributed by atoms with van der Waals surface area (Å²) in [6, 6.07) is 32.8. The van der Waals surface area contributed by atoms with Crippen LogP contribution in [-0.2, 0) is 0 Å². The fourth-order valence-electron chi connectivity index (χ4n) is 3.02. The Kier molecular flexibility index (Phi) is 7.68. The highest BCUT2D eigenvalue weighted by atomic mass is 79.9. The third-order valence-electron chi connectivity index (χ3n) is 4.00. The molecule has 0 heterocycles. The Balaban J connectivity index is 0.00000208. The van der Waals surface area contributed by atoms with E-state index in [1.54, 1.807) is 0 Å². The minimum absolute atomic E-state index is 0. The number of benzene rings is 3. The molecule has 0 atom stereocenters. The van der Waals surface area contributed by atoms with Crippen LogP contribution in [0.2, 0.25) is 0 Å². The summed E-state index contributed by atoms with van der Waals surface area (Å²) in [5.41, 5.74) is 0. The quantitative estimate of drug-likeness (QED) is 0.351. The van der Waals surface area contributed by atoms with E-state index in [1.807, 2.05) is 0 Å². The summed E-state index contributed by atoms with van der Waals surface area (Å²) in [6.07, 6.45) is 1.03. The SMILES string of the molecule is BrC(Br)C[P+](c1ccccc1)(c1ccccc1)c1ccccc1.[Br-]. The van der Waals surface area contributed by atoms with Crippen LogP contribution in [-0.4, -0.2) is 9.90 Å². The molecule has 0 N–H and O–H groups in total. The minimum Gasteiger partial charge on any atom is -1.00 e. The summed E-state index contributed by atoms with van der Waals surface area (Å²) < 4.78 is 0.268. The first-order chi connectivity index (χ1) is 11.2. The van der Waals surface area contributed by atoms with Crippen LogP contribution in [0.4, 0.5) is 0 Å². The smallest absolute Gasteiger partial charge is 0.114 e. The lowest BCUT2D eigenvalue weighted by Gasteiger charge is -2.28. The Labute approximate surface area is 172 Å². The summed E-state index contributed by atoms with van der Waals surface area (Å²) in [4.78, 5) is 0. The molecule has 0 aliphatic heterocycles. The average Bonchev–Trinajstić information content (AvgIpc) is 2.62. The lowest BCUT2D eigenvalue weighted by atomic mass is 10.4. The molecule has 0 saturated carbocycles. The highest BCUT2D eigenvalue weighted by Crippen LogP contribution is 2.56. The monoisotopic (exact) mass is 526 g/mol. The Bertz CT molecular complexity index is 634. The second-order valence-electron chi connectivity index (χ2n) is 5.39. The fourth-order valence-corrected chi connectivity index (χ4v) is 9.61. The Hall–Kier alpha value is -0.470. The molecule has 0 unspecified atom stereocenters. The molecule has 0 saturated heterocycles. The molecule has 3 aromatic rings. The minimum atomic E-state index is -1.70. The van der Waals surface area contributed by atoms with E-state index in [0.29, 0.717) is 0 Å². The highest BCUT2D eigenvalue weighted by molar-refractivity contribution is 9.24. The van der Waals surface area contributed by atoms with Crippen molar-refractivity contribution in [2.75, 3.05) is 6.16 Å². The van der Waals surface area contributed by atoms with E-state index < -0.39 is 7.26 Å². The van der Waals surface area contributed by atoms with Crippen molar-refractivity contribution in [3.8, 4) is 0 Å². The van der Waals surface area contributed by atoms with Crippen LogP contribution in [0.1, 0.15) is 0 Å². The van der Waals surface area contributed by atoms with E-state index in [9.17, 15) is 0 Å². The van der Waals surface area contributed by atoms with Gasteiger partial charge in [0.2, 0.25) is 0 Å². The van der Waals surface area contributed by atoms with E-state index >= 15 is 0 Å². The molecule has 3 rings (SSSR count). The van der Waals surface area contributed by atoms with Gasteiger partial charge in [0.1, 0.15) is 26.9 Å². The lowest BCUT2D eigenvalue weighted by molar-refractivity contribution is -0.00000420. The van der Waals surface area contributed by atoms with Gasteiger partial charge < -0.3 is 17.0 Å². The molecular weight excluding hydrogens is 511 g/mol. The first kappa shape index (κ1) is 19.8.